The molecule has 1 heterocycles. The maximum absolute atomic E-state index is 13.2. The van der Waals surface area contributed by atoms with Crippen LogP contribution >= 0.6 is 11.6 Å². The fourth-order valence-electron chi connectivity index (χ4n) is 2.53. The Morgan fingerprint density at radius 1 is 1.18 bits per heavy atom. The van der Waals surface area contributed by atoms with Gasteiger partial charge in [0.1, 0.15) is 5.82 Å². The van der Waals surface area contributed by atoms with Gasteiger partial charge in [-0.3, -0.25) is 19.7 Å². The first kappa shape index (κ1) is 19.2. The number of nitro benzene ring substituents is 1. The fourth-order valence-corrected chi connectivity index (χ4v) is 2.71. The lowest BCUT2D eigenvalue weighted by atomic mass is 10.2. The molecule has 0 fully saturated rings. The van der Waals surface area contributed by atoms with Gasteiger partial charge in [0, 0.05) is 30.1 Å². The van der Waals surface area contributed by atoms with E-state index < -0.39 is 16.6 Å². The Bertz CT molecular complexity index is 1130. The number of carbonyl (C=O) groups excluding carboxylic acids is 1. The summed E-state index contributed by atoms with van der Waals surface area (Å²) in [5.74, 6) is -1.12. The van der Waals surface area contributed by atoms with Gasteiger partial charge < -0.3 is 9.88 Å². The number of benzene rings is 2. The zero-order valence-corrected chi connectivity index (χ0v) is 15.0. The molecule has 9 heteroatoms. The lowest BCUT2D eigenvalue weighted by molar-refractivity contribution is -0.384. The highest BCUT2D eigenvalue weighted by Crippen LogP contribution is 2.20. The number of nitrogens with zero attached hydrogens (tertiary/aromatic N) is 2. The molecule has 1 N–H and O–H groups in total. The summed E-state index contributed by atoms with van der Waals surface area (Å²) < 4.78 is 14.5. The molecule has 28 heavy (non-hydrogen) atoms. The molecule has 3 rings (SSSR count). The Hall–Kier alpha value is -3.52. The zero-order chi connectivity index (χ0) is 20.3. The summed E-state index contributed by atoms with van der Waals surface area (Å²) in [6, 6.07) is 12.2. The number of nitro groups is 1. The third kappa shape index (κ3) is 4.41. The second-order valence-electron chi connectivity index (χ2n) is 5.89. The van der Waals surface area contributed by atoms with Crippen molar-refractivity contribution in [2.24, 2.45) is 0 Å². The smallest absolute Gasteiger partial charge is 0.269 e. The van der Waals surface area contributed by atoms with E-state index in [4.69, 9.17) is 11.6 Å². The van der Waals surface area contributed by atoms with Crippen LogP contribution < -0.4 is 10.9 Å². The Labute approximate surface area is 163 Å². The van der Waals surface area contributed by atoms with E-state index in [1.165, 1.54) is 53.2 Å². The minimum Gasteiger partial charge on any atom is -0.322 e. The molecule has 3 aromatic rings. The van der Waals surface area contributed by atoms with E-state index in [0.717, 1.165) is 6.07 Å². The van der Waals surface area contributed by atoms with Crippen molar-refractivity contribution in [1.82, 2.24) is 4.57 Å². The van der Waals surface area contributed by atoms with Crippen molar-refractivity contribution < 1.29 is 14.1 Å². The predicted molar refractivity (Wildman–Crippen MR) is 102 cm³/mol. The quantitative estimate of drug-likeness (QED) is 0.519. The third-order valence-corrected chi connectivity index (χ3v) is 4.19. The molecule has 1 aromatic heterocycles. The summed E-state index contributed by atoms with van der Waals surface area (Å²) in [5.41, 5.74) is 0.568. The number of anilines is 1. The second kappa shape index (κ2) is 8.01. The molecule has 0 unspecified atom stereocenters. The van der Waals surface area contributed by atoms with E-state index in [1.807, 2.05) is 0 Å². The standard InChI is InChI=1S/C19H13ClFN3O4/c20-16-9-14(5-6-17(16)21)22-19(26)13-4-7-18(25)23(11-13)10-12-2-1-3-15(8-12)24(27)28/h1-9,11H,10H2,(H,22,26). The van der Waals surface area contributed by atoms with Crippen molar-refractivity contribution in [2.45, 2.75) is 6.54 Å². The number of aromatic nitrogens is 1. The summed E-state index contributed by atoms with van der Waals surface area (Å²) in [5, 5.41) is 13.3. The van der Waals surface area contributed by atoms with E-state index in [2.05, 4.69) is 5.32 Å². The molecule has 0 aliphatic heterocycles. The molecule has 7 nitrogen and oxygen atoms in total. The number of carbonyl (C=O) groups is 1. The lowest BCUT2D eigenvalue weighted by Crippen LogP contribution is -2.22. The largest absolute Gasteiger partial charge is 0.322 e. The summed E-state index contributed by atoms with van der Waals surface area (Å²) in [7, 11) is 0. The van der Waals surface area contributed by atoms with E-state index in [9.17, 15) is 24.1 Å². The van der Waals surface area contributed by atoms with Crippen molar-refractivity contribution in [1.29, 1.82) is 0 Å². The van der Waals surface area contributed by atoms with Crippen LogP contribution in [0.3, 0.4) is 0 Å². The van der Waals surface area contributed by atoms with Crippen LogP contribution in [0.4, 0.5) is 15.8 Å². The Morgan fingerprint density at radius 2 is 1.96 bits per heavy atom. The van der Waals surface area contributed by atoms with Gasteiger partial charge >= 0.3 is 0 Å². The lowest BCUT2D eigenvalue weighted by Gasteiger charge is -2.10. The molecule has 0 saturated carbocycles. The Balaban J connectivity index is 1.83. The molecule has 0 atom stereocenters. The monoisotopic (exact) mass is 401 g/mol. The van der Waals surface area contributed by atoms with Crippen molar-refractivity contribution >= 4 is 28.9 Å². The number of pyridine rings is 1. The van der Waals surface area contributed by atoms with Gasteiger partial charge in [0.25, 0.3) is 17.2 Å². The van der Waals surface area contributed by atoms with Gasteiger partial charge in [-0.15, -0.1) is 0 Å². The number of nitrogens with one attached hydrogen (secondary N) is 1. The van der Waals surface area contributed by atoms with Gasteiger partial charge in [0.15, 0.2) is 0 Å². The predicted octanol–water partition coefficient (Wildman–Crippen LogP) is 3.85. The minimum atomic E-state index is -0.606. The van der Waals surface area contributed by atoms with Crippen LogP contribution in [0.2, 0.25) is 5.02 Å². The van der Waals surface area contributed by atoms with Crippen molar-refractivity contribution in [3.63, 3.8) is 0 Å². The van der Waals surface area contributed by atoms with Crippen LogP contribution in [0.5, 0.6) is 0 Å². The van der Waals surface area contributed by atoms with Gasteiger partial charge in [-0.1, -0.05) is 23.7 Å². The number of rotatable bonds is 5. The summed E-state index contributed by atoms with van der Waals surface area (Å²) in [6.45, 7) is 0.0595. The van der Waals surface area contributed by atoms with Crippen molar-refractivity contribution in [3.05, 3.63) is 103 Å². The number of hydrogen-bond acceptors (Lipinski definition) is 4. The third-order valence-electron chi connectivity index (χ3n) is 3.90. The molecule has 0 saturated heterocycles. The molecule has 0 aliphatic carbocycles. The maximum atomic E-state index is 13.2. The highest BCUT2D eigenvalue weighted by Gasteiger charge is 2.11. The average Bonchev–Trinajstić information content (AvgIpc) is 2.66. The van der Waals surface area contributed by atoms with Crippen molar-refractivity contribution in [3.8, 4) is 0 Å². The van der Waals surface area contributed by atoms with E-state index in [1.54, 1.807) is 6.07 Å². The average molecular weight is 402 g/mol. The van der Waals surface area contributed by atoms with Crippen LogP contribution in [-0.2, 0) is 6.54 Å². The highest BCUT2D eigenvalue weighted by molar-refractivity contribution is 6.31. The number of hydrogen-bond donors (Lipinski definition) is 1. The van der Waals surface area contributed by atoms with Gasteiger partial charge in [-0.2, -0.15) is 0 Å². The van der Waals surface area contributed by atoms with E-state index >= 15 is 0 Å². The second-order valence-corrected chi connectivity index (χ2v) is 6.30. The SMILES string of the molecule is O=C(Nc1ccc(F)c(Cl)c1)c1ccc(=O)n(Cc2cccc([N+](=O)[O-])c2)c1. The first-order valence-electron chi connectivity index (χ1n) is 8.04. The van der Waals surface area contributed by atoms with Crippen LogP contribution in [0, 0.1) is 15.9 Å². The van der Waals surface area contributed by atoms with Gasteiger partial charge in [0.05, 0.1) is 22.1 Å². The van der Waals surface area contributed by atoms with Crippen molar-refractivity contribution in [2.75, 3.05) is 5.32 Å². The summed E-state index contributed by atoms with van der Waals surface area (Å²) in [6.07, 6.45) is 1.35. The first-order valence-corrected chi connectivity index (χ1v) is 8.41. The van der Waals surface area contributed by atoms with E-state index in [-0.39, 0.29) is 28.4 Å². The molecule has 0 bridgehead atoms. The first-order chi connectivity index (χ1) is 13.3. The van der Waals surface area contributed by atoms with Crippen LogP contribution in [0.1, 0.15) is 15.9 Å². The molecule has 0 spiro atoms. The summed E-state index contributed by atoms with van der Waals surface area (Å²) in [4.78, 5) is 34.9. The van der Waals surface area contributed by atoms with Crippen LogP contribution in [0.25, 0.3) is 0 Å². The fraction of sp³-hybridized carbons (Fsp3) is 0.0526. The molecule has 0 radical (unpaired) electrons. The molecule has 142 valence electrons. The Morgan fingerprint density at radius 3 is 2.68 bits per heavy atom. The van der Waals surface area contributed by atoms with Gasteiger partial charge in [-0.05, 0) is 29.8 Å². The number of amides is 1. The normalized spacial score (nSPS) is 10.5. The van der Waals surface area contributed by atoms with Gasteiger partial charge in [0.2, 0.25) is 0 Å². The Kier molecular flexibility index (Phi) is 5.51. The topological polar surface area (TPSA) is 94.2 Å². The zero-order valence-electron chi connectivity index (χ0n) is 14.3. The maximum Gasteiger partial charge on any atom is 0.269 e. The highest BCUT2D eigenvalue weighted by atomic mass is 35.5. The molecule has 0 aliphatic rings. The number of halogens is 2. The molecule has 1 amide bonds. The van der Waals surface area contributed by atoms with Crippen LogP contribution in [-0.4, -0.2) is 15.4 Å². The van der Waals surface area contributed by atoms with E-state index in [0.29, 0.717) is 11.3 Å². The molecular weight excluding hydrogens is 389 g/mol. The minimum absolute atomic E-state index is 0.0595. The molecule has 2 aromatic carbocycles. The van der Waals surface area contributed by atoms with Gasteiger partial charge in [-0.25, -0.2) is 4.39 Å². The summed E-state index contributed by atoms with van der Waals surface area (Å²) >= 11 is 5.69. The number of non-ortho nitro benzene ring substituents is 1. The molecular formula is C19H13ClFN3O4. The van der Waals surface area contributed by atoms with Crippen LogP contribution in [0.15, 0.2) is 65.6 Å².